The number of ether oxygens (including phenoxy) is 1. The van der Waals surface area contributed by atoms with Gasteiger partial charge in [0.25, 0.3) is 0 Å². The van der Waals surface area contributed by atoms with E-state index in [2.05, 4.69) is 16.2 Å². The van der Waals surface area contributed by atoms with Gasteiger partial charge >= 0.3 is 5.97 Å². The Bertz CT molecular complexity index is 778. The second-order valence-corrected chi connectivity index (χ2v) is 7.85. The second-order valence-electron chi connectivity index (χ2n) is 5.20. The van der Waals surface area contributed by atoms with Gasteiger partial charge in [-0.05, 0) is 30.8 Å². The Kier molecular flexibility index (Phi) is 7.89. The van der Waals surface area contributed by atoms with Gasteiger partial charge in [0.15, 0.2) is 5.11 Å². The molecule has 0 aliphatic rings. The normalized spacial score (nSPS) is 10.1. The summed E-state index contributed by atoms with van der Waals surface area (Å²) in [7, 11) is 1.32. The molecule has 9 heteroatoms. The van der Waals surface area contributed by atoms with Crippen molar-refractivity contribution in [3.05, 3.63) is 52.4 Å². The number of nitrogens with one attached hydrogen (secondary N) is 3. The van der Waals surface area contributed by atoms with Crippen LogP contribution in [0.25, 0.3) is 0 Å². The van der Waals surface area contributed by atoms with Crippen molar-refractivity contribution in [3.63, 3.8) is 0 Å². The van der Waals surface area contributed by atoms with Crippen molar-refractivity contribution in [2.45, 2.75) is 12.7 Å². The third-order valence-electron chi connectivity index (χ3n) is 3.15. The second kappa shape index (κ2) is 10.1. The van der Waals surface area contributed by atoms with E-state index in [9.17, 15) is 9.59 Å². The molecule has 138 valence electrons. The van der Waals surface area contributed by atoms with Crippen molar-refractivity contribution < 1.29 is 14.3 Å². The van der Waals surface area contributed by atoms with E-state index in [0.717, 1.165) is 10.6 Å². The molecule has 0 saturated heterocycles. The lowest BCUT2D eigenvalue weighted by molar-refractivity contribution is -0.119. The van der Waals surface area contributed by atoms with E-state index < -0.39 is 5.97 Å². The molecule has 0 aliphatic carbocycles. The summed E-state index contributed by atoms with van der Waals surface area (Å²) < 4.78 is 4.74. The number of aryl methyl sites for hydroxylation is 1. The van der Waals surface area contributed by atoms with Gasteiger partial charge in [-0.15, -0.1) is 23.1 Å². The van der Waals surface area contributed by atoms with Crippen LogP contribution in [0.2, 0.25) is 0 Å². The van der Waals surface area contributed by atoms with Crippen molar-refractivity contribution in [1.82, 2.24) is 10.9 Å². The molecular weight excluding hydrogens is 390 g/mol. The highest BCUT2D eigenvalue weighted by Crippen LogP contribution is 2.28. The molecule has 2 aromatic rings. The first kappa shape index (κ1) is 20.2. The Morgan fingerprint density at radius 3 is 2.65 bits per heavy atom. The Morgan fingerprint density at radius 1 is 1.23 bits per heavy atom. The predicted octanol–water partition coefficient (Wildman–Crippen LogP) is 3.09. The van der Waals surface area contributed by atoms with Crippen molar-refractivity contribution in [1.29, 1.82) is 0 Å². The van der Waals surface area contributed by atoms with Gasteiger partial charge in [-0.3, -0.25) is 15.6 Å². The van der Waals surface area contributed by atoms with Crippen LogP contribution >= 0.6 is 35.3 Å². The summed E-state index contributed by atoms with van der Waals surface area (Å²) in [6, 6.07) is 11.7. The molecule has 0 aliphatic heterocycles. The summed E-state index contributed by atoms with van der Waals surface area (Å²) in [5.41, 5.74) is 6.74. The van der Waals surface area contributed by atoms with E-state index in [0.29, 0.717) is 16.3 Å². The topological polar surface area (TPSA) is 79.5 Å². The zero-order valence-electron chi connectivity index (χ0n) is 14.3. The summed E-state index contributed by atoms with van der Waals surface area (Å²) in [6.45, 7) is 1.88. The first-order chi connectivity index (χ1) is 12.5. The minimum atomic E-state index is -0.444. The smallest absolute Gasteiger partial charge is 0.340 e. The lowest BCUT2D eigenvalue weighted by Crippen LogP contribution is -2.44. The van der Waals surface area contributed by atoms with Gasteiger partial charge in [-0.1, -0.05) is 30.3 Å². The lowest BCUT2D eigenvalue weighted by Gasteiger charge is -2.11. The number of hydrogen-bond donors (Lipinski definition) is 3. The van der Waals surface area contributed by atoms with Gasteiger partial charge in [0.05, 0.1) is 18.4 Å². The largest absolute Gasteiger partial charge is 0.465 e. The maximum atomic E-state index is 11.9. The summed E-state index contributed by atoms with van der Waals surface area (Å²) in [4.78, 5) is 24.5. The van der Waals surface area contributed by atoms with Crippen LogP contribution in [0.1, 0.15) is 20.8 Å². The van der Waals surface area contributed by atoms with Crippen molar-refractivity contribution >= 4 is 57.3 Å². The molecule has 1 aromatic heterocycles. The number of rotatable bonds is 6. The first-order valence-corrected chi connectivity index (χ1v) is 10.0. The van der Waals surface area contributed by atoms with Crippen molar-refractivity contribution in [2.24, 2.45) is 0 Å². The monoisotopic (exact) mass is 409 g/mol. The molecule has 0 radical (unpaired) electrons. The molecule has 0 atom stereocenters. The van der Waals surface area contributed by atoms with Crippen molar-refractivity contribution in [3.8, 4) is 0 Å². The Hall–Kier alpha value is -2.10. The zero-order valence-corrected chi connectivity index (χ0v) is 16.8. The van der Waals surface area contributed by atoms with Gasteiger partial charge in [-0.2, -0.15) is 0 Å². The number of esters is 1. The number of amides is 1. The number of thiocarbonyl (C=S) groups is 1. The van der Waals surface area contributed by atoms with E-state index in [1.807, 2.05) is 37.3 Å². The highest BCUT2D eigenvalue weighted by molar-refractivity contribution is 7.99. The fraction of sp³-hybridized carbons (Fsp3) is 0.235. The number of benzene rings is 1. The molecule has 0 spiro atoms. The summed E-state index contributed by atoms with van der Waals surface area (Å²) in [5, 5.41) is 3.66. The summed E-state index contributed by atoms with van der Waals surface area (Å²) in [5.74, 6) is 0.427. The van der Waals surface area contributed by atoms with Crippen LogP contribution in [0.5, 0.6) is 0 Å². The fourth-order valence-electron chi connectivity index (χ4n) is 2.00. The molecule has 3 N–H and O–H groups in total. The molecule has 6 nitrogen and oxygen atoms in total. The maximum absolute atomic E-state index is 11.9. The van der Waals surface area contributed by atoms with Crippen LogP contribution in [-0.4, -0.2) is 29.9 Å². The molecule has 1 aromatic carbocycles. The quantitative estimate of drug-likeness (QED) is 0.384. The number of carbonyl (C=O) groups excluding carboxylic acids is 2. The third kappa shape index (κ3) is 6.32. The summed E-state index contributed by atoms with van der Waals surface area (Å²) in [6.07, 6.45) is 0. The van der Waals surface area contributed by atoms with Gasteiger partial charge in [0.2, 0.25) is 5.91 Å². The van der Waals surface area contributed by atoms with Crippen LogP contribution in [0.4, 0.5) is 5.00 Å². The van der Waals surface area contributed by atoms with Gasteiger partial charge < -0.3 is 10.1 Å². The van der Waals surface area contributed by atoms with Gasteiger partial charge in [-0.25, -0.2) is 4.79 Å². The molecule has 0 fully saturated rings. The Balaban J connectivity index is 1.74. The molecule has 26 heavy (non-hydrogen) atoms. The molecule has 1 heterocycles. The highest BCUT2D eigenvalue weighted by Gasteiger charge is 2.16. The number of hydrogen-bond acceptors (Lipinski definition) is 6. The first-order valence-electron chi connectivity index (χ1n) is 7.66. The van der Waals surface area contributed by atoms with Crippen LogP contribution in [0.15, 0.2) is 36.4 Å². The van der Waals surface area contributed by atoms with E-state index in [-0.39, 0.29) is 11.0 Å². The van der Waals surface area contributed by atoms with E-state index >= 15 is 0 Å². The number of thioether (sulfide) groups is 1. The van der Waals surface area contributed by atoms with Crippen LogP contribution < -0.4 is 16.2 Å². The Labute approximate surface area is 165 Å². The summed E-state index contributed by atoms with van der Waals surface area (Å²) >= 11 is 8.03. The van der Waals surface area contributed by atoms with Gasteiger partial charge in [0.1, 0.15) is 5.00 Å². The molecule has 0 unspecified atom stereocenters. The van der Waals surface area contributed by atoms with Crippen molar-refractivity contribution in [2.75, 3.05) is 18.2 Å². The molecule has 0 bridgehead atoms. The third-order valence-corrected chi connectivity index (χ3v) is 5.32. The average Bonchev–Trinajstić information content (AvgIpc) is 3.00. The number of thiophene rings is 1. The van der Waals surface area contributed by atoms with E-state index in [1.54, 1.807) is 6.07 Å². The minimum absolute atomic E-state index is 0.189. The standard InChI is InChI=1S/C17H19N3O3S3/c1-11-8-13(16(22)23-2)15(26-11)18-17(24)20-19-14(21)10-25-9-12-6-4-3-5-7-12/h3-8H,9-10H2,1-2H3,(H,19,21)(H2,18,20,24). The fourth-order valence-corrected chi connectivity index (χ4v) is 3.91. The zero-order chi connectivity index (χ0) is 18.9. The SMILES string of the molecule is COC(=O)c1cc(C)sc1NC(=S)NNC(=O)CSCc1ccccc1. The number of hydrazine groups is 1. The average molecular weight is 410 g/mol. The molecule has 0 saturated carbocycles. The van der Waals surface area contributed by atoms with Gasteiger partial charge in [0, 0.05) is 10.6 Å². The number of anilines is 1. The van der Waals surface area contributed by atoms with Crippen LogP contribution in [-0.2, 0) is 15.3 Å². The highest BCUT2D eigenvalue weighted by atomic mass is 32.2. The van der Waals surface area contributed by atoms with E-state index in [1.165, 1.54) is 35.8 Å². The maximum Gasteiger partial charge on any atom is 0.340 e. The van der Waals surface area contributed by atoms with Crippen LogP contribution in [0, 0.1) is 6.92 Å². The van der Waals surface area contributed by atoms with Crippen LogP contribution in [0.3, 0.4) is 0 Å². The lowest BCUT2D eigenvalue weighted by atomic mass is 10.2. The number of carbonyl (C=O) groups is 2. The molecule has 1 amide bonds. The minimum Gasteiger partial charge on any atom is -0.465 e. The Morgan fingerprint density at radius 2 is 1.96 bits per heavy atom. The van der Waals surface area contributed by atoms with E-state index in [4.69, 9.17) is 17.0 Å². The molecule has 2 rings (SSSR count). The predicted molar refractivity (Wildman–Crippen MR) is 110 cm³/mol. The number of methoxy groups -OCH3 is 1. The molecular formula is C17H19N3O3S3.